The first-order valence-corrected chi connectivity index (χ1v) is 15.1. The molecule has 1 aromatic carbocycles. The standard InChI is InChI=1S/C27H42N4Si/c1-8-32(19(2)3,20(4)5)31-23(17-28)16-21-15-22(13-14-25(21)31)30-18-27(6,7)29-24-11-9-10-12-26(24)30/h13-16,19-20,24,26,29H,8-12,18H2,1-7H3/t24-,26-/m0/s1. The highest BCUT2D eigenvalue weighted by Crippen LogP contribution is 2.42. The number of nitrogens with zero attached hydrogens (tertiary/aromatic N) is 3. The van der Waals surface area contributed by atoms with Gasteiger partial charge in [0.2, 0.25) is 0 Å². The second-order valence-electron chi connectivity index (χ2n) is 11.5. The van der Waals surface area contributed by atoms with Crippen LogP contribution < -0.4 is 10.2 Å². The third kappa shape index (κ3) is 3.70. The average Bonchev–Trinajstić information content (AvgIpc) is 3.11. The normalized spacial score (nSPS) is 23.6. The van der Waals surface area contributed by atoms with E-state index in [2.05, 4.69) is 93.3 Å². The van der Waals surface area contributed by atoms with E-state index in [1.165, 1.54) is 42.3 Å². The van der Waals surface area contributed by atoms with Crippen LogP contribution in [0.3, 0.4) is 0 Å². The molecule has 2 aliphatic rings. The summed E-state index contributed by atoms with van der Waals surface area (Å²) in [5, 5.41) is 15.3. The van der Waals surface area contributed by atoms with Gasteiger partial charge in [-0.1, -0.05) is 47.5 Å². The number of nitrogens with one attached hydrogen (secondary N) is 1. The van der Waals surface area contributed by atoms with E-state index in [1.807, 2.05) is 0 Å². The third-order valence-corrected chi connectivity index (χ3v) is 14.9. The maximum Gasteiger partial charge on any atom is 0.168 e. The SMILES string of the molecule is CC[Si](C(C)C)(C(C)C)n1c(C#N)cc2cc(N3CC(C)(C)N[C@H]4CCCC[C@@H]43)ccc21. The van der Waals surface area contributed by atoms with Crippen molar-refractivity contribution < 1.29 is 0 Å². The van der Waals surface area contributed by atoms with Crippen molar-refractivity contribution in [2.45, 2.75) is 109 Å². The molecule has 174 valence electrons. The number of nitriles is 1. The Bertz CT molecular complexity index is 1000. The van der Waals surface area contributed by atoms with Crippen molar-refractivity contribution in [1.29, 1.82) is 5.26 Å². The fourth-order valence-electron chi connectivity index (χ4n) is 7.10. The highest BCUT2D eigenvalue weighted by molar-refractivity contribution is 6.81. The van der Waals surface area contributed by atoms with Gasteiger partial charge in [-0.2, -0.15) is 5.26 Å². The first-order chi connectivity index (χ1) is 15.1. The van der Waals surface area contributed by atoms with Gasteiger partial charge in [-0.3, -0.25) is 0 Å². The summed E-state index contributed by atoms with van der Waals surface area (Å²) in [4.78, 5) is 2.67. The minimum absolute atomic E-state index is 0.108. The van der Waals surface area contributed by atoms with Crippen LogP contribution in [0.1, 0.15) is 79.8 Å². The predicted molar refractivity (Wildman–Crippen MR) is 139 cm³/mol. The van der Waals surface area contributed by atoms with Gasteiger partial charge in [0.05, 0.1) is 0 Å². The van der Waals surface area contributed by atoms with Gasteiger partial charge in [0.1, 0.15) is 11.8 Å². The fraction of sp³-hybridized carbons (Fsp3) is 0.667. The number of aromatic nitrogens is 1. The molecule has 1 saturated carbocycles. The number of fused-ring (bicyclic) bond motifs is 2. The molecule has 1 saturated heterocycles. The van der Waals surface area contributed by atoms with E-state index < -0.39 is 8.24 Å². The second kappa shape index (κ2) is 8.54. The molecular formula is C27H42N4Si. The van der Waals surface area contributed by atoms with Gasteiger partial charge in [-0.05, 0) is 68.1 Å². The summed E-state index contributed by atoms with van der Waals surface area (Å²) in [6.07, 6.45) is 5.20. The Hall–Kier alpha value is -1.77. The van der Waals surface area contributed by atoms with Crippen molar-refractivity contribution >= 4 is 24.8 Å². The van der Waals surface area contributed by atoms with Gasteiger partial charge < -0.3 is 14.4 Å². The van der Waals surface area contributed by atoms with E-state index in [4.69, 9.17) is 0 Å². The highest BCUT2D eigenvalue weighted by Gasteiger charge is 2.43. The number of rotatable bonds is 5. The summed E-state index contributed by atoms with van der Waals surface area (Å²) in [6, 6.07) is 14.0. The molecule has 0 radical (unpaired) electrons. The largest absolute Gasteiger partial charge is 0.365 e. The van der Waals surface area contributed by atoms with Crippen LogP contribution in [0.2, 0.25) is 17.1 Å². The van der Waals surface area contributed by atoms with Crippen LogP contribution in [0, 0.1) is 11.3 Å². The number of hydrogen-bond acceptors (Lipinski definition) is 3. The van der Waals surface area contributed by atoms with E-state index in [0.29, 0.717) is 23.2 Å². The van der Waals surface area contributed by atoms with Gasteiger partial charge >= 0.3 is 0 Å². The Labute approximate surface area is 196 Å². The zero-order valence-electron chi connectivity index (χ0n) is 21.2. The highest BCUT2D eigenvalue weighted by atomic mass is 28.3. The predicted octanol–water partition coefficient (Wildman–Crippen LogP) is 6.65. The van der Waals surface area contributed by atoms with Crippen LogP contribution in [-0.4, -0.2) is 36.6 Å². The molecule has 2 fully saturated rings. The van der Waals surface area contributed by atoms with Gasteiger partial charge in [0.25, 0.3) is 0 Å². The fourth-order valence-corrected chi connectivity index (χ4v) is 12.6. The molecular weight excluding hydrogens is 408 g/mol. The average molecular weight is 451 g/mol. The molecule has 5 heteroatoms. The van der Waals surface area contributed by atoms with Crippen LogP contribution in [-0.2, 0) is 0 Å². The quantitative estimate of drug-likeness (QED) is 0.519. The third-order valence-electron chi connectivity index (χ3n) is 8.49. The van der Waals surface area contributed by atoms with Crippen LogP contribution in [0.4, 0.5) is 5.69 Å². The van der Waals surface area contributed by atoms with E-state index >= 15 is 0 Å². The van der Waals surface area contributed by atoms with Crippen LogP contribution in [0.25, 0.3) is 10.9 Å². The van der Waals surface area contributed by atoms with Crippen molar-refractivity contribution in [2.24, 2.45) is 0 Å². The summed E-state index contributed by atoms with van der Waals surface area (Å²) in [6.45, 7) is 17.5. The lowest BCUT2D eigenvalue weighted by Gasteiger charge is -2.52. The van der Waals surface area contributed by atoms with E-state index in [-0.39, 0.29) is 5.54 Å². The Morgan fingerprint density at radius 2 is 1.81 bits per heavy atom. The summed E-state index contributed by atoms with van der Waals surface area (Å²) in [7, 11) is -1.92. The molecule has 1 N–H and O–H groups in total. The number of anilines is 1. The molecule has 4 nitrogen and oxygen atoms in total. The maximum atomic E-state index is 10.1. The molecule has 2 atom stereocenters. The monoisotopic (exact) mass is 450 g/mol. The first-order valence-electron chi connectivity index (χ1n) is 12.7. The van der Waals surface area contributed by atoms with E-state index in [0.717, 1.165) is 18.3 Å². The van der Waals surface area contributed by atoms with Crippen molar-refractivity contribution in [2.75, 3.05) is 11.4 Å². The van der Waals surface area contributed by atoms with Gasteiger partial charge in [-0.25, -0.2) is 0 Å². The Morgan fingerprint density at radius 3 is 2.44 bits per heavy atom. The summed E-state index contributed by atoms with van der Waals surface area (Å²) in [5.41, 5.74) is 4.69. The Morgan fingerprint density at radius 1 is 1.12 bits per heavy atom. The minimum Gasteiger partial charge on any atom is -0.365 e. The topological polar surface area (TPSA) is 44.0 Å². The smallest absolute Gasteiger partial charge is 0.168 e. The van der Waals surface area contributed by atoms with E-state index in [1.54, 1.807) is 0 Å². The molecule has 4 rings (SSSR count). The molecule has 32 heavy (non-hydrogen) atoms. The lowest BCUT2D eigenvalue weighted by atomic mass is 9.83. The first kappa shape index (κ1) is 23.4. The van der Waals surface area contributed by atoms with Crippen molar-refractivity contribution in [1.82, 2.24) is 9.55 Å². The van der Waals surface area contributed by atoms with Crippen molar-refractivity contribution in [3.05, 3.63) is 30.0 Å². The Kier molecular flexibility index (Phi) is 6.24. The van der Waals surface area contributed by atoms with E-state index in [9.17, 15) is 5.26 Å². The van der Waals surface area contributed by atoms with Crippen molar-refractivity contribution in [3.8, 4) is 6.07 Å². The molecule has 0 bridgehead atoms. The number of piperazine rings is 1. The molecule has 1 aromatic heterocycles. The summed E-state index contributed by atoms with van der Waals surface area (Å²) >= 11 is 0. The molecule has 1 aliphatic heterocycles. The molecule has 0 unspecified atom stereocenters. The van der Waals surface area contributed by atoms with Crippen LogP contribution in [0.5, 0.6) is 0 Å². The maximum absolute atomic E-state index is 10.1. The molecule has 2 aromatic rings. The van der Waals surface area contributed by atoms with Crippen molar-refractivity contribution in [3.63, 3.8) is 0 Å². The molecule has 0 amide bonds. The number of benzene rings is 1. The zero-order valence-corrected chi connectivity index (χ0v) is 22.2. The summed E-state index contributed by atoms with van der Waals surface area (Å²) < 4.78 is 2.51. The lowest BCUT2D eigenvalue weighted by molar-refractivity contribution is 0.199. The molecule has 0 spiro atoms. The lowest BCUT2D eigenvalue weighted by Crippen LogP contribution is -2.67. The van der Waals surface area contributed by atoms with Crippen LogP contribution >= 0.6 is 0 Å². The van der Waals surface area contributed by atoms with Gasteiger partial charge in [0, 0.05) is 40.8 Å². The van der Waals surface area contributed by atoms with Crippen LogP contribution in [0.15, 0.2) is 24.3 Å². The minimum atomic E-state index is -1.92. The van der Waals surface area contributed by atoms with Gasteiger partial charge in [0.15, 0.2) is 8.24 Å². The molecule has 2 heterocycles. The Balaban J connectivity index is 1.84. The number of hydrogen-bond donors (Lipinski definition) is 1. The van der Waals surface area contributed by atoms with Gasteiger partial charge in [-0.15, -0.1) is 0 Å². The summed E-state index contributed by atoms with van der Waals surface area (Å²) in [5.74, 6) is 0. The second-order valence-corrected chi connectivity index (χ2v) is 16.9. The molecule has 1 aliphatic carbocycles. The zero-order chi connectivity index (χ0) is 23.3.